The number of hydrogen-bond acceptors (Lipinski definition) is 3. The molecule has 120 valence electrons. The van der Waals surface area contributed by atoms with Crippen molar-refractivity contribution in [3.8, 4) is 0 Å². The average Bonchev–Trinajstić information content (AvgIpc) is 3.07. The third-order valence-electron chi connectivity index (χ3n) is 4.69. The third kappa shape index (κ3) is 2.24. The van der Waals surface area contributed by atoms with Gasteiger partial charge in [-0.05, 0) is 36.1 Å². The van der Waals surface area contributed by atoms with E-state index in [1.807, 2.05) is 4.57 Å². The normalized spacial score (nSPS) is 19.5. The monoisotopic (exact) mass is 334 g/mol. The Bertz CT molecular complexity index is 817. The highest BCUT2D eigenvalue weighted by Crippen LogP contribution is 2.41. The largest absolute Gasteiger partial charge is 0.364 e. The van der Waals surface area contributed by atoms with Gasteiger partial charge >= 0.3 is 0 Å². The lowest BCUT2D eigenvalue weighted by molar-refractivity contribution is 0.0989. The topological polar surface area (TPSA) is 72.9 Å². The first-order valence-corrected chi connectivity index (χ1v) is 8.01. The summed E-state index contributed by atoms with van der Waals surface area (Å²) in [5.74, 6) is -0.118. The Balaban J connectivity index is 1.88. The lowest BCUT2D eigenvalue weighted by atomic mass is 9.96. The molecular weight excluding hydrogens is 319 g/mol. The Hall–Kier alpha value is -1.92. The van der Waals surface area contributed by atoms with Crippen LogP contribution in [-0.4, -0.2) is 22.0 Å². The van der Waals surface area contributed by atoms with E-state index in [2.05, 4.69) is 10.3 Å². The molecule has 5 nitrogen and oxygen atoms in total. The van der Waals surface area contributed by atoms with Gasteiger partial charge < -0.3 is 15.6 Å². The highest BCUT2D eigenvalue weighted by molar-refractivity contribution is 6.30. The van der Waals surface area contributed by atoms with Gasteiger partial charge in [0, 0.05) is 24.0 Å². The van der Waals surface area contributed by atoms with Gasteiger partial charge in [-0.25, -0.2) is 9.37 Å². The lowest BCUT2D eigenvalue weighted by Crippen LogP contribution is -2.31. The van der Waals surface area contributed by atoms with E-state index in [-0.39, 0.29) is 11.7 Å². The van der Waals surface area contributed by atoms with E-state index in [0.717, 1.165) is 17.9 Å². The fourth-order valence-electron chi connectivity index (χ4n) is 3.71. The second-order valence-electron chi connectivity index (χ2n) is 6.00. The summed E-state index contributed by atoms with van der Waals surface area (Å²) in [5, 5.41) is 3.59. The first-order valence-electron chi connectivity index (χ1n) is 7.64. The Labute approximate surface area is 137 Å². The van der Waals surface area contributed by atoms with Crippen LogP contribution in [0.1, 0.15) is 45.5 Å². The fourth-order valence-corrected chi connectivity index (χ4v) is 3.93. The summed E-state index contributed by atoms with van der Waals surface area (Å²) >= 11 is 6.02. The van der Waals surface area contributed by atoms with Gasteiger partial charge in [-0.1, -0.05) is 11.6 Å². The molecule has 0 radical (unpaired) electrons. The van der Waals surface area contributed by atoms with Gasteiger partial charge in [-0.3, -0.25) is 4.79 Å². The maximum atomic E-state index is 14.1. The molecular formula is C16H16ClFN4O. The number of rotatable bonds is 2. The van der Waals surface area contributed by atoms with E-state index in [9.17, 15) is 9.18 Å². The zero-order chi connectivity index (χ0) is 16.1. The van der Waals surface area contributed by atoms with Crippen LogP contribution in [0, 0.1) is 5.82 Å². The van der Waals surface area contributed by atoms with Crippen LogP contribution in [0.4, 0.5) is 4.39 Å². The number of hydrogen-bond donors (Lipinski definition) is 2. The highest BCUT2D eigenvalue weighted by atomic mass is 35.5. The number of aromatic nitrogens is 2. The van der Waals surface area contributed by atoms with Gasteiger partial charge in [0.15, 0.2) is 0 Å². The number of fused-ring (bicyclic) bond motifs is 2. The minimum absolute atomic E-state index is 0.140. The van der Waals surface area contributed by atoms with Gasteiger partial charge in [-0.2, -0.15) is 0 Å². The van der Waals surface area contributed by atoms with Crippen molar-refractivity contribution in [3.63, 3.8) is 0 Å². The van der Waals surface area contributed by atoms with Crippen LogP contribution in [0.5, 0.6) is 0 Å². The van der Waals surface area contributed by atoms with Gasteiger partial charge in [-0.15, -0.1) is 0 Å². The van der Waals surface area contributed by atoms with Crippen LogP contribution in [0.2, 0.25) is 5.02 Å². The summed E-state index contributed by atoms with van der Waals surface area (Å²) in [5.41, 5.74) is 8.19. The van der Waals surface area contributed by atoms with Crippen molar-refractivity contribution >= 4 is 17.5 Å². The molecule has 0 saturated carbocycles. The molecule has 1 atom stereocenters. The van der Waals surface area contributed by atoms with Crippen molar-refractivity contribution in [2.75, 3.05) is 6.54 Å². The molecule has 4 rings (SSSR count). The number of benzene rings is 1. The molecule has 2 aromatic rings. The van der Waals surface area contributed by atoms with E-state index >= 15 is 0 Å². The first-order chi connectivity index (χ1) is 11.1. The zero-order valence-electron chi connectivity index (χ0n) is 12.4. The van der Waals surface area contributed by atoms with Crippen LogP contribution in [0.3, 0.4) is 0 Å². The predicted molar refractivity (Wildman–Crippen MR) is 84.0 cm³/mol. The molecule has 23 heavy (non-hydrogen) atoms. The summed E-state index contributed by atoms with van der Waals surface area (Å²) in [6, 6.07) is 3.11. The SMILES string of the molecule is NC(=O)c1c([C@@H]2CCc3c(F)cc(Cl)cc32)nc2n1CCNC2. The maximum Gasteiger partial charge on any atom is 0.267 e. The summed E-state index contributed by atoms with van der Waals surface area (Å²) in [4.78, 5) is 16.6. The molecule has 7 heteroatoms. The standard InChI is InChI=1S/C16H16ClFN4O/c17-8-5-11-9(12(18)6-8)1-2-10(11)14-15(16(19)23)22-4-3-20-7-13(22)21-14/h5-6,10,20H,1-4,7H2,(H2,19,23)/t10-/m1/s1. The lowest BCUT2D eigenvalue weighted by Gasteiger charge is -2.16. The van der Waals surface area contributed by atoms with Crippen molar-refractivity contribution in [2.45, 2.75) is 31.8 Å². The van der Waals surface area contributed by atoms with Gasteiger partial charge in [0.25, 0.3) is 5.91 Å². The van der Waals surface area contributed by atoms with Crippen LogP contribution < -0.4 is 11.1 Å². The Morgan fingerprint density at radius 3 is 3.09 bits per heavy atom. The average molecular weight is 335 g/mol. The van der Waals surface area contributed by atoms with Gasteiger partial charge in [0.2, 0.25) is 0 Å². The van der Waals surface area contributed by atoms with Crippen molar-refractivity contribution in [1.29, 1.82) is 0 Å². The van der Waals surface area contributed by atoms with Crippen molar-refractivity contribution in [1.82, 2.24) is 14.9 Å². The van der Waals surface area contributed by atoms with Gasteiger partial charge in [0.05, 0.1) is 12.2 Å². The van der Waals surface area contributed by atoms with Crippen LogP contribution in [-0.2, 0) is 19.5 Å². The molecule has 2 heterocycles. The molecule has 1 aromatic heterocycles. The second kappa shape index (κ2) is 5.32. The summed E-state index contributed by atoms with van der Waals surface area (Å²) in [6.45, 7) is 2.03. The molecule has 0 saturated heterocycles. The van der Waals surface area contributed by atoms with E-state index < -0.39 is 5.91 Å². The molecule has 0 fully saturated rings. The smallest absolute Gasteiger partial charge is 0.267 e. The molecule has 1 aliphatic heterocycles. The predicted octanol–water partition coefficient (Wildman–Crippen LogP) is 1.96. The molecule has 0 bridgehead atoms. The zero-order valence-corrected chi connectivity index (χ0v) is 13.2. The van der Waals surface area contributed by atoms with E-state index in [4.69, 9.17) is 17.3 Å². The minimum Gasteiger partial charge on any atom is -0.364 e. The number of halogens is 2. The van der Waals surface area contributed by atoms with Crippen LogP contribution in [0.25, 0.3) is 0 Å². The molecule has 3 N–H and O–H groups in total. The molecule has 2 aliphatic rings. The number of nitrogens with two attached hydrogens (primary N) is 1. The van der Waals surface area contributed by atoms with Crippen molar-refractivity contribution < 1.29 is 9.18 Å². The summed E-state index contributed by atoms with van der Waals surface area (Å²) in [6.07, 6.45) is 1.32. The third-order valence-corrected chi connectivity index (χ3v) is 4.90. The number of nitrogens with zero attached hydrogens (tertiary/aromatic N) is 2. The quantitative estimate of drug-likeness (QED) is 0.881. The Morgan fingerprint density at radius 1 is 1.48 bits per heavy atom. The number of carbonyl (C=O) groups is 1. The fraction of sp³-hybridized carbons (Fsp3) is 0.375. The summed E-state index contributed by atoms with van der Waals surface area (Å²) < 4.78 is 16.0. The molecule has 0 spiro atoms. The highest BCUT2D eigenvalue weighted by Gasteiger charge is 2.34. The molecule has 1 amide bonds. The maximum absolute atomic E-state index is 14.1. The van der Waals surface area contributed by atoms with Crippen LogP contribution in [0.15, 0.2) is 12.1 Å². The van der Waals surface area contributed by atoms with E-state index in [1.165, 1.54) is 6.07 Å². The van der Waals surface area contributed by atoms with E-state index in [1.54, 1.807) is 6.07 Å². The molecule has 1 aliphatic carbocycles. The van der Waals surface area contributed by atoms with Crippen molar-refractivity contribution in [3.05, 3.63) is 51.3 Å². The second-order valence-corrected chi connectivity index (χ2v) is 6.44. The number of imidazole rings is 1. The minimum atomic E-state index is -0.489. The van der Waals surface area contributed by atoms with Crippen LogP contribution >= 0.6 is 11.6 Å². The Kier molecular flexibility index (Phi) is 3.39. The van der Waals surface area contributed by atoms with Gasteiger partial charge in [0.1, 0.15) is 17.3 Å². The molecule has 0 unspecified atom stereocenters. The molecule has 1 aromatic carbocycles. The number of primary amides is 1. The first kappa shape index (κ1) is 14.7. The summed E-state index contributed by atoms with van der Waals surface area (Å²) in [7, 11) is 0. The number of nitrogens with one attached hydrogen (secondary N) is 1. The number of amides is 1. The number of carbonyl (C=O) groups excluding carboxylic acids is 1. The Morgan fingerprint density at radius 2 is 2.30 bits per heavy atom. The van der Waals surface area contributed by atoms with Crippen molar-refractivity contribution in [2.24, 2.45) is 5.73 Å². The van der Waals surface area contributed by atoms with E-state index in [0.29, 0.717) is 47.9 Å².